The van der Waals surface area contributed by atoms with Gasteiger partial charge in [0.25, 0.3) is 0 Å². The molecule has 1 aliphatic heterocycles. The fourth-order valence-corrected chi connectivity index (χ4v) is 1.51. The predicted molar refractivity (Wildman–Crippen MR) is 42.3 cm³/mol. The van der Waals surface area contributed by atoms with Gasteiger partial charge in [-0.1, -0.05) is 26.7 Å². The van der Waals surface area contributed by atoms with Crippen LogP contribution in [0.1, 0.15) is 26.7 Å². The van der Waals surface area contributed by atoms with Crippen LogP contribution < -0.4 is 5.32 Å². The van der Waals surface area contributed by atoms with Gasteiger partial charge >= 0.3 is 6.09 Å². The van der Waals surface area contributed by atoms with E-state index in [0.717, 1.165) is 12.8 Å². The summed E-state index contributed by atoms with van der Waals surface area (Å²) in [4.78, 5) is 10.7. The zero-order chi connectivity index (χ0) is 8.27. The molecule has 0 radical (unpaired) electrons. The molecule has 0 aromatic carbocycles. The number of carbonyl (C=O) groups excluding carboxylic acids is 1. The number of hydrogen-bond acceptors (Lipinski definition) is 2. The van der Waals surface area contributed by atoms with Crippen molar-refractivity contribution in [1.29, 1.82) is 0 Å². The molecule has 0 spiro atoms. The Morgan fingerprint density at radius 1 is 1.64 bits per heavy atom. The van der Waals surface area contributed by atoms with Gasteiger partial charge in [0.15, 0.2) is 0 Å². The maximum absolute atomic E-state index is 10.7. The Morgan fingerprint density at radius 3 is 2.64 bits per heavy atom. The van der Waals surface area contributed by atoms with Crippen LogP contribution >= 0.6 is 0 Å². The lowest BCUT2D eigenvalue weighted by Crippen LogP contribution is -2.33. The first-order valence-corrected chi connectivity index (χ1v) is 4.21. The second-order valence-electron chi connectivity index (χ2n) is 2.93. The quantitative estimate of drug-likeness (QED) is 0.674. The molecular weight excluding hydrogens is 142 g/mol. The van der Waals surface area contributed by atoms with Crippen molar-refractivity contribution >= 4 is 6.09 Å². The molecule has 1 rings (SSSR count). The van der Waals surface area contributed by atoms with Crippen LogP contribution in [0, 0.1) is 5.92 Å². The minimum absolute atomic E-state index is 0.248. The van der Waals surface area contributed by atoms with Gasteiger partial charge in [-0.25, -0.2) is 4.79 Å². The monoisotopic (exact) mass is 157 g/mol. The van der Waals surface area contributed by atoms with Crippen LogP contribution in [0.15, 0.2) is 0 Å². The number of alkyl carbamates (subject to hydrolysis) is 1. The normalized spacial score (nSPS) is 23.5. The zero-order valence-electron chi connectivity index (χ0n) is 7.09. The zero-order valence-corrected chi connectivity index (χ0v) is 7.09. The Hall–Kier alpha value is -0.730. The van der Waals surface area contributed by atoms with Gasteiger partial charge in [0, 0.05) is 0 Å². The van der Waals surface area contributed by atoms with E-state index in [9.17, 15) is 4.79 Å². The standard InChI is InChI=1S/C8H15NO2/c1-3-6(4-2)7-5-11-8(10)9-7/h6-7H,3-5H2,1-2H3,(H,9,10). The maximum Gasteiger partial charge on any atom is 0.407 e. The van der Waals surface area contributed by atoms with Crippen molar-refractivity contribution in [3.63, 3.8) is 0 Å². The van der Waals surface area contributed by atoms with E-state index < -0.39 is 0 Å². The first kappa shape index (κ1) is 8.37. The lowest BCUT2D eigenvalue weighted by atomic mass is 9.95. The van der Waals surface area contributed by atoms with E-state index in [1.54, 1.807) is 0 Å². The molecule has 0 aliphatic carbocycles. The highest BCUT2D eigenvalue weighted by Gasteiger charge is 2.27. The molecule has 3 heteroatoms. The molecular formula is C8H15NO2. The van der Waals surface area contributed by atoms with E-state index in [2.05, 4.69) is 19.2 Å². The number of nitrogens with one attached hydrogen (secondary N) is 1. The second-order valence-corrected chi connectivity index (χ2v) is 2.93. The van der Waals surface area contributed by atoms with E-state index in [1.165, 1.54) is 0 Å². The van der Waals surface area contributed by atoms with E-state index in [-0.39, 0.29) is 12.1 Å². The van der Waals surface area contributed by atoms with Gasteiger partial charge in [-0.2, -0.15) is 0 Å². The van der Waals surface area contributed by atoms with Crippen LogP contribution in [0.5, 0.6) is 0 Å². The number of ether oxygens (including phenoxy) is 1. The van der Waals surface area contributed by atoms with Crippen molar-refractivity contribution in [3.05, 3.63) is 0 Å². The van der Waals surface area contributed by atoms with Crippen molar-refractivity contribution in [3.8, 4) is 0 Å². The topological polar surface area (TPSA) is 38.3 Å². The van der Waals surface area contributed by atoms with Gasteiger partial charge in [0.05, 0.1) is 6.04 Å². The van der Waals surface area contributed by atoms with Crippen LogP contribution in [0.25, 0.3) is 0 Å². The first-order valence-electron chi connectivity index (χ1n) is 4.21. The summed E-state index contributed by atoms with van der Waals surface area (Å²) in [5, 5.41) is 2.79. The Morgan fingerprint density at radius 2 is 2.27 bits per heavy atom. The van der Waals surface area contributed by atoms with Crippen molar-refractivity contribution in [2.75, 3.05) is 6.61 Å². The fraction of sp³-hybridized carbons (Fsp3) is 0.875. The third kappa shape index (κ3) is 1.85. The Balaban J connectivity index is 2.40. The average Bonchev–Trinajstić information content (AvgIpc) is 2.39. The van der Waals surface area contributed by atoms with Crippen molar-refractivity contribution in [1.82, 2.24) is 5.32 Å². The largest absolute Gasteiger partial charge is 0.447 e. The molecule has 64 valence electrons. The molecule has 1 atom stereocenters. The van der Waals surface area contributed by atoms with Crippen molar-refractivity contribution in [2.45, 2.75) is 32.7 Å². The van der Waals surface area contributed by atoms with Crippen molar-refractivity contribution in [2.24, 2.45) is 5.92 Å². The summed E-state index contributed by atoms with van der Waals surface area (Å²) < 4.78 is 4.80. The highest BCUT2D eigenvalue weighted by atomic mass is 16.6. The van der Waals surface area contributed by atoms with Gasteiger partial charge < -0.3 is 10.1 Å². The average molecular weight is 157 g/mol. The molecule has 0 aromatic heterocycles. The molecule has 3 nitrogen and oxygen atoms in total. The molecule has 1 saturated heterocycles. The fourth-order valence-electron chi connectivity index (χ4n) is 1.51. The van der Waals surface area contributed by atoms with E-state index in [4.69, 9.17) is 4.74 Å². The Labute approximate surface area is 67.1 Å². The number of cyclic esters (lactones) is 1. The summed E-state index contributed by atoms with van der Waals surface area (Å²) in [7, 11) is 0. The summed E-state index contributed by atoms with van der Waals surface area (Å²) in [6.45, 7) is 4.82. The molecule has 1 amide bonds. The number of amides is 1. The number of carbonyl (C=O) groups is 1. The molecule has 1 unspecified atom stereocenters. The number of rotatable bonds is 3. The molecule has 0 saturated carbocycles. The van der Waals surface area contributed by atoms with Gasteiger partial charge in [-0.3, -0.25) is 0 Å². The molecule has 0 bridgehead atoms. The van der Waals surface area contributed by atoms with Crippen LogP contribution in [0.4, 0.5) is 4.79 Å². The summed E-state index contributed by atoms with van der Waals surface area (Å²) >= 11 is 0. The van der Waals surface area contributed by atoms with Gasteiger partial charge in [-0.15, -0.1) is 0 Å². The lowest BCUT2D eigenvalue weighted by molar-refractivity contribution is 0.174. The Kier molecular flexibility index (Phi) is 2.74. The van der Waals surface area contributed by atoms with Crippen LogP contribution in [-0.2, 0) is 4.74 Å². The minimum atomic E-state index is -0.262. The maximum atomic E-state index is 10.7. The van der Waals surface area contributed by atoms with Crippen molar-refractivity contribution < 1.29 is 9.53 Å². The molecule has 1 heterocycles. The lowest BCUT2D eigenvalue weighted by Gasteiger charge is -2.17. The van der Waals surface area contributed by atoms with E-state index >= 15 is 0 Å². The highest BCUT2D eigenvalue weighted by molar-refractivity contribution is 5.69. The predicted octanol–water partition coefficient (Wildman–Crippen LogP) is 1.53. The minimum Gasteiger partial charge on any atom is -0.447 e. The number of hydrogen-bond donors (Lipinski definition) is 1. The Bertz CT molecular complexity index is 143. The van der Waals surface area contributed by atoms with Gasteiger partial charge in [0.1, 0.15) is 6.61 Å². The van der Waals surface area contributed by atoms with Crippen LogP contribution in [-0.4, -0.2) is 18.7 Å². The van der Waals surface area contributed by atoms with Gasteiger partial charge in [0.2, 0.25) is 0 Å². The second kappa shape index (κ2) is 3.60. The van der Waals surface area contributed by atoms with Crippen LogP contribution in [0.2, 0.25) is 0 Å². The highest BCUT2D eigenvalue weighted by Crippen LogP contribution is 2.16. The molecule has 1 aliphatic rings. The molecule has 1 N–H and O–H groups in total. The smallest absolute Gasteiger partial charge is 0.407 e. The summed E-state index contributed by atoms with van der Waals surface area (Å²) in [6.07, 6.45) is 1.94. The summed E-state index contributed by atoms with van der Waals surface area (Å²) in [5.74, 6) is 0.571. The summed E-state index contributed by atoms with van der Waals surface area (Å²) in [5.41, 5.74) is 0. The van der Waals surface area contributed by atoms with Crippen LogP contribution in [0.3, 0.4) is 0 Å². The SMILES string of the molecule is CCC(CC)C1COC(=O)N1. The molecule has 0 aromatic rings. The molecule has 11 heavy (non-hydrogen) atoms. The van der Waals surface area contributed by atoms with E-state index in [0.29, 0.717) is 12.5 Å². The third-order valence-electron chi connectivity index (χ3n) is 2.32. The van der Waals surface area contributed by atoms with E-state index in [1.807, 2.05) is 0 Å². The summed E-state index contributed by atoms with van der Waals surface area (Å²) in [6, 6.07) is 0.248. The first-order chi connectivity index (χ1) is 5.27. The van der Waals surface area contributed by atoms with Gasteiger partial charge in [-0.05, 0) is 5.92 Å². The molecule has 1 fully saturated rings. The third-order valence-corrected chi connectivity index (χ3v) is 2.32.